The quantitative estimate of drug-likeness (QED) is 0.420. The zero-order valence-electron chi connectivity index (χ0n) is 14.4. The van der Waals surface area contributed by atoms with Crippen molar-refractivity contribution in [1.29, 1.82) is 0 Å². The molecule has 0 bridgehead atoms. The smallest absolute Gasteiger partial charge is 0.441 e. The summed E-state index contributed by atoms with van der Waals surface area (Å²) in [6.07, 6.45) is -5.39. The van der Waals surface area contributed by atoms with Gasteiger partial charge in [-0.2, -0.15) is 13.2 Å². The van der Waals surface area contributed by atoms with Crippen LogP contribution in [0.1, 0.15) is 17.3 Å². The van der Waals surface area contributed by atoms with Gasteiger partial charge in [-0.15, -0.1) is 0 Å². The van der Waals surface area contributed by atoms with Gasteiger partial charge in [0.2, 0.25) is 0 Å². The predicted molar refractivity (Wildman–Crippen MR) is 94.4 cm³/mol. The molecule has 10 heteroatoms. The van der Waals surface area contributed by atoms with E-state index in [4.69, 9.17) is 11.6 Å². The van der Waals surface area contributed by atoms with E-state index in [1.807, 2.05) is 0 Å². The molecule has 1 atom stereocenters. The minimum absolute atomic E-state index is 0.133. The molecule has 0 fully saturated rings. The van der Waals surface area contributed by atoms with Crippen molar-refractivity contribution in [3.63, 3.8) is 0 Å². The molecule has 2 rings (SSSR count). The van der Waals surface area contributed by atoms with Crippen molar-refractivity contribution >= 4 is 29.2 Å². The lowest BCUT2D eigenvalue weighted by Gasteiger charge is -2.35. The lowest BCUT2D eigenvalue weighted by Crippen LogP contribution is -2.69. The lowest BCUT2D eigenvalue weighted by atomic mass is 10.1. The summed E-state index contributed by atoms with van der Waals surface area (Å²) in [4.78, 5) is 24.8. The highest BCUT2D eigenvalue weighted by molar-refractivity contribution is 6.33. The molecule has 1 amide bonds. The number of rotatable bonds is 6. The van der Waals surface area contributed by atoms with Crippen molar-refractivity contribution in [2.75, 3.05) is 11.9 Å². The van der Waals surface area contributed by atoms with E-state index in [1.54, 1.807) is 10.6 Å². The Balaban J connectivity index is 2.56. The first-order valence-corrected chi connectivity index (χ1v) is 8.34. The first kappa shape index (κ1) is 21.5. The van der Waals surface area contributed by atoms with Crippen molar-refractivity contribution in [3.05, 3.63) is 64.9 Å². The van der Waals surface area contributed by atoms with Gasteiger partial charge in [0.1, 0.15) is 5.82 Å². The molecule has 2 aromatic carbocycles. The van der Waals surface area contributed by atoms with E-state index in [0.717, 1.165) is 12.1 Å². The molecule has 0 saturated carbocycles. The summed E-state index contributed by atoms with van der Waals surface area (Å²) < 4.78 is 60.5. The summed E-state index contributed by atoms with van der Waals surface area (Å²) in [6.45, 7) is 0.885. The fourth-order valence-electron chi connectivity index (χ4n) is 2.28. The van der Waals surface area contributed by atoms with Crippen molar-refractivity contribution < 1.29 is 31.9 Å². The number of para-hydroxylation sites is 1. The van der Waals surface area contributed by atoms with Crippen LogP contribution in [0.3, 0.4) is 0 Å². The number of carbonyl (C=O) groups excluding carboxylic acids is 2. The molecular weight excluding hydrogens is 404 g/mol. The van der Waals surface area contributed by atoms with Gasteiger partial charge in [-0.3, -0.25) is 4.79 Å². The number of ether oxygens (including phenoxy) is 1. The highest BCUT2D eigenvalue weighted by atomic mass is 35.5. The van der Waals surface area contributed by atoms with Crippen LogP contribution in [0.15, 0.2) is 48.5 Å². The van der Waals surface area contributed by atoms with Gasteiger partial charge < -0.3 is 15.4 Å². The number of alkyl halides is 3. The summed E-state index contributed by atoms with van der Waals surface area (Å²) in [7, 11) is 0. The van der Waals surface area contributed by atoms with Gasteiger partial charge in [0.15, 0.2) is 0 Å². The van der Waals surface area contributed by atoms with E-state index in [0.29, 0.717) is 0 Å². The average molecular weight is 419 g/mol. The van der Waals surface area contributed by atoms with Crippen LogP contribution in [0.4, 0.5) is 23.2 Å². The second kappa shape index (κ2) is 8.47. The summed E-state index contributed by atoms with van der Waals surface area (Å²) in [6, 6.07) is 9.70. The molecular formula is C18H15ClF4N2O3. The number of halogens is 5. The van der Waals surface area contributed by atoms with Gasteiger partial charge in [0, 0.05) is 0 Å². The topological polar surface area (TPSA) is 67.4 Å². The van der Waals surface area contributed by atoms with Crippen molar-refractivity contribution in [3.8, 4) is 0 Å². The molecule has 0 radical (unpaired) electrons. The molecule has 2 N–H and O–H groups in total. The van der Waals surface area contributed by atoms with Gasteiger partial charge in [-0.1, -0.05) is 35.9 Å². The fraction of sp³-hybridized carbons (Fsp3) is 0.222. The number of amides is 1. The van der Waals surface area contributed by atoms with E-state index in [2.05, 4.69) is 4.74 Å². The van der Waals surface area contributed by atoms with Gasteiger partial charge >= 0.3 is 17.8 Å². The van der Waals surface area contributed by atoms with Crippen LogP contribution < -0.4 is 10.6 Å². The van der Waals surface area contributed by atoms with Crippen LogP contribution >= 0.6 is 11.6 Å². The van der Waals surface area contributed by atoms with Crippen LogP contribution in [0.2, 0.25) is 5.02 Å². The van der Waals surface area contributed by atoms with Crippen LogP contribution in [-0.2, 0) is 9.53 Å². The lowest BCUT2D eigenvalue weighted by molar-refractivity contribution is -0.204. The average Bonchev–Trinajstić information content (AvgIpc) is 2.62. The summed E-state index contributed by atoms with van der Waals surface area (Å²) in [5.41, 5.74) is -4.72. The number of anilines is 1. The van der Waals surface area contributed by atoms with Gasteiger partial charge in [0.25, 0.3) is 5.91 Å². The van der Waals surface area contributed by atoms with E-state index in [-0.39, 0.29) is 10.6 Å². The normalized spacial score (nSPS) is 13.4. The molecule has 0 saturated heterocycles. The first-order valence-electron chi connectivity index (χ1n) is 7.96. The van der Waals surface area contributed by atoms with Crippen molar-refractivity contribution in [2.24, 2.45) is 0 Å². The number of esters is 1. The standard InChI is InChI=1S/C18H15ClF4N2O3/c1-2-28-16(27)17(18(21,22)23,24-14-10-6-5-9-13(14)20)25-15(26)11-7-3-4-8-12(11)19/h3-10,24H,2H2,1H3,(H,25,26)/t17-/m1/s1. The SMILES string of the molecule is CCOC(=O)[C@](NC(=O)c1ccccc1Cl)(Nc1ccccc1F)C(F)(F)F. The minimum Gasteiger partial charge on any atom is -0.463 e. The van der Waals surface area contributed by atoms with Crippen molar-refractivity contribution in [2.45, 2.75) is 18.8 Å². The Morgan fingerprint density at radius 2 is 1.68 bits per heavy atom. The molecule has 0 unspecified atom stereocenters. The molecule has 150 valence electrons. The first-order chi connectivity index (χ1) is 13.1. The Morgan fingerprint density at radius 1 is 1.07 bits per heavy atom. The summed E-state index contributed by atoms with van der Waals surface area (Å²) in [5.74, 6) is -4.22. The van der Waals surface area contributed by atoms with E-state index in [9.17, 15) is 27.2 Å². The Labute approximate surface area is 162 Å². The van der Waals surface area contributed by atoms with Crippen LogP contribution in [0, 0.1) is 5.82 Å². The van der Waals surface area contributed by atoms with E-state index in [1.165, 1.54) is 43.3 Å². The fourth-order valence-corrected chi connectivity index (χ4v) is 2.50. The number of nitrogens with one attached hydrogen (secondary N) is 2. The van der Waals surface area contributed by atoms with E-state index >= 15 is 0 Å². The molecule has 0 aliphatic heterocycles. The number of benzene rings is 2. The summed E-state index contributed by atoms with van der Waals surface area (Å²) in [5, 5.41) is 3.21. The van der Waals surface area contributed by atoms with Crippen LogP contribution in [0.5, 0.6) is 0 Å². The maximum atomic E-state index is 14.0. The molecule has 2 aromatic rings. The summed E-state index contributed by atoms with van der Waals surface area (Å²) >= 11 is 5.85. The van der Waals surface area contributed by atoms with Gasteiger partial charge in [-0.25, -0.2) is 9.18 Å². The maximum Gasteiger partial charge on any atom is 0.441 e. The number of hydrogen-bond acceptors (Lipinski definition) is 4. The molecule has 0 aliphatic rings. The zero-order valence-corrected chi connectivity index (χ0v) is 15.2. The monoisotopic (exact) mass is 418 g/mol. The van der Waals surface area contributed by atoms with Crippen LogP contribution in [-0.4, -0.2) is 30.3 Å². The van der Waals surface area contributed by atoms with E-state index < -0.39 is 41.8 Å². The number of carbonyl (C=O) groups is 2. The largest absolute Gasteiger partial charge is 0.463 e. The highest BCUT2D eigenvalue weighted by Crippen LogP contribution is 2.34. The predicted octanol–water partition coefficient (Wildman–Crippen LogP) is 4.14. The van der Waals surface area contributed by atoms with Gasteiger partial charge in [-0.05, 0) is 31.2 Å². The highest BCUT2D eigenvalue weighted by Gasteiger charge is 2.64. The number of hydrogen-bond donors (Lipinski definition) is 2. The third-order valence-electron chi connectivity index (χ3n) is 3.62. The molecule has 0 heterocycles. The second-order valence-electron chi connectivity index (χ2n) is 5.51. The maximum absolute atomic E-state index is 14.0. The molecule has 0 spiro atoms. The van der Waals surface area contributed by atoms with Crippen molar-refractivity contribution in [1.82, 2.24) is 5.32 Å². The Kier molecular flexibility index (Phi) is 6.50. The second-order valence-corrected chi connectivity index (χ2v) is 5.91. The zero-order chi connectivity index (χ0) is 20.9. The molecule has 0 aliphatic carbocycles. The molecule has 0 aromatic heterocycles. The van der Waals surface area contributed by atoms with Gasteiger partial charge in [0.05, 0.1) is 22.9 Å². The Hall–Kier alpha value is -2.81. The Bertz CT molecular complexity index is 876. The van der Waals surface area contributed by atoms with Crippen LogP contribution in [0.25, 0.3) is 0 Å². The third-order valence-corrected chi connectivity index (χ3v) is 3.95. The molecule has 28 heavy (non-hydrogen) atoms. The molecule has 5 nitrogen and oxygen atoms in total. The minimum atomic E-state index is -5.39. The third kappa shape index (κ3) is 4.36. The Morgan fingerprint density at radius 3 is 2.25 bits per heavy atom.